The molecule has 1 atom stereocenters. The fraction of sp³-hybridized carbons (Fsp3) is 0.333. The van der Waals surface area contributed by atoms with Crippen molar-refractivity contribution in [1.29, 1.82) is 0 Å². The van der Waals surface area contributed by atoms with Gasteiger partial charge in [0, 0.05) is 25.8 Å². The molecule has 0 bridgehead atoms. The third-order valence-electron chi connectivity index (χ3n) is 4.12. The second kappa shape index (κ2) is 7.42. The van der Waals surface area contributed by atoms with Gasteiger partial charge in [0.2, 0.25) is 5.91 Å². The Morgan fingerprint density at radius 3 is 2.75 bits per heavy atom. The zero-order valence-electron chi connectivity index (χ0n) is 13.6. The minimum absolute atomic E-state index is 0.0982. The number of nitrogens with zero attached hydrogens (tertiary/aromatic N) is 2. The van der Waals surface area contributed by atoms with Crippen LogP contribution < -0.4 is 10.5 Å². The second-order valence-electron chi connectivity index (χ2n) is 5.78. The first-order valence-electron chi connectivity index (χ1n) is 7.88. The SMILES string of the molecule is COc1ccc(CN2CCOC(c3ccc(C(N)=O)cn3)C2)cc1. The van der Waals surface area contributed by atoms with Gasteiger partial charge in [-0.1, -0.05) is 12.1 Å². The van der Waals surface area contributed by atoms with Crippen molar-refractivity contribution >= 4 is 5.91 Å². The van der Waals surface area contributed by atoms with E-state index in [0.717, 1.165) is 31.1 Å². The minimum Gasteiger partial charge on any atom is -0.497 e. The van der Waals surface area contributed by atoms with Crippen molar-refractivity contribution in [1.82, 2.24) is 9.88 Å². The lowest BCUT2D eigenvalue weighted by Crippen LogP contribution is -2.38. The molecule has 1 aliphatic rings. The summed E-state index contributed by atoms with van der Waals surface area (Å²) in [7, 11) is 1.66. The van der Waals surface area contributed by atoms with Gasteiger partial charge in [-0.25, -0.2) is 0 Å². The summed E-state index contributed by atoms with van der Waals surface area (Å²) in [5.41, 5.74) is 7.70. The van der Waals surface area contributed by atoms with Crippen LogP contribution in [0.4, 0.5) is 0 Å². The molecular weight excluding hydrogens is 306 g/mol. The fourth-order valence-electron chi connectivity index (χ4n) is 2.76. The number of amides is 1. The molecule has 24 heavy (non-hydrogen) atoms. The quantitative estimate of drug-likeness (QED) is 0.905. The summed E-state index contributed by atoms with van der Waals surface area (Å²) in [5, 5.41) is 0. The predicted octanol–water partition coefficient (Wildman–Crippen LogP) is 1.76. The van der Waals surface area contributed by atoms with Gasteiger partial charge < -0.3 is 15.2 Å². The van der Waals surface area contributed by atoms with Crippen LogP contribution in [0.1, 0.15) is 27.7 Å². The van der Waals surface area contributed by atoms with E-state index in [1.807, 2.05) is 18.2 Å². The molecular formula is C18H21N3O3. The van der Waals surface area contributed by atoms with Crippen molar-refractivity contribution in [3.8, 4) is 5.75 Å². The molecule has 1 amide bonds. The van der Waals surface area contributed by atoms with Crippen molar-refractivity contribution in [2.75, 3.05) is 26.8 Å². The van der Waals surface area contributed by atoms with E-state index in [4.69, 9.17) is 15.2 Å². The fourth-order valence-corrected chi connectivity index (χ4v) is 2.76. The molecule has 1 aromatic heterocycles. The maximum Gasteiger partial charge on any atom is 0.250 e. The summed E-state index contributed by atoms with van der Waals surface area (Å²) < 4.78 is 11.0. The highest BCUT2D eigenvalue weighted by Gasteiger charge is 2.23. The van der Waals surface area contributed by atoms with Gasteiger partial charge >= 0.3 is 0 Å². The lowest BCUT2D eigenvalue weighted by Gasteiger charge is -2.32. The van der Waals surface area contributed by atoms with Crippen LogP contribution in [0.5, 0.6) is 5.75 Å². The Morgan fingerprint density at radius 1 is 1.33 bits per heavy atom. The molecule has 1 aromatic carbocycles. The molecule has 2 heterocycles. The van der Waals surface area contributed by atoms with Crippen molar-refractivity contribution < 1.29 is 14.3 Å². The van der Waals surface area contributed by atoms with Crippen LogP contribution in [-0.2, 0) is 11.3 Å². The summed E-state index contributed by atoms with van der Waals surface area (Å²) in [6.07, 6.45) is 1.41. The molecule has 3 rings (SSSR count). The first kappa shape index (κ1) is 16.4. The Balaban J connectivity index is 1.64. The lowest BCUT2D eigenvalue weighted by molar-refractivity contribution is -0.0350. The largest absolute Gasteiger partial charge is 0.497 e. The number of carbonyl (C=O) groups is 1. The van der Waals surface area contributed by atoms with Crippen LogP contribution in [-0.4, -0.2) is 42.6 Å². The van der Waals surface area contributed by atoms with Crippen molar-refractivity contribution in [2.24, 2.45) is 5.73 Å². The lowest BCUT2D eigenvalue weighted by atomic mass is 10.1. The number of ether oxygens (including phenoxy) is 2. The Morgan fingerprint density at radius 2 is 2.12 bits per heavy atom. The average molecular weight is 327 g/mol. The van der Waals surface area contributed by atoms with Gasteiger partial charge in [0.05, 0.1) is 25.0 Å². The van der Waals surface area contributed by atoms with E-state index >= 15 is 0 Å². The summed E-state index contributed by atoms with van der Waals surface area (Å²) in [4.78, 5) is 17.8. The van der Waals surface area contributed by atoms with Crippen LogP contribution >= 0.6 is 0 Å². The second-order valence-corrected chi connectivity index (χ2v) is 5.78. The van der Waals surface area contributed by atoms with Crippen molar-refractivity contribution in [3.63, 3.8) is 0 Å². The Labute approximate surface area is 141 Å². The highest BCUT2D eigenvalue weighted by atomic mass is 16.5. The van der Waals surface area contributed by atoms with Crippen LogP contribution in [0.3, 0.4) is 0 Å². The van der Waals surface area contributed by atoms with Crippen LogP contribution in [0.15, 0.2) is 42.6 Å². The molecule has 6 nitrogen and oxygen atoms in total. The van der Waals surface area contributed by atoms with Gasteiger partial charge in [-0.2, -0.15) is 0 Å². The van der Waals surface area contributed by atoms with E-state index < -0.39 is 5.91 Å². The number of nitrogens with two attached hydrogens (primary N) is 1. The van der Waals surface area contributed by atoms with Gasteiger partial charge in [0.15, 0.2) is 0 Å². The van der Waals surface area contributed by atoms with E-state index in [1.54, 1.807) is 13.2 Å². The smallest absolute Gasteiger partial charge is 0.250 e. The predicted molar refractivity (Wildman–Crippen MR) is 89.7 cm³/mol. The molecule has 126 valence electrons. The third kappa shape index (κ3) is 3.90. The average Bonchev–Trinajstić information content (AvgIpc) is 2.63. The Hall–Kier alpha value is -2.44. The monoisotopic (exact) mass is 327 g/mol. The highest BCUT2D eigenvalue weighted by Crippen LogP contribution is 2.22. The normalized spacial score (nSPS) is 18.3. The molecule has 1 unspecified atom stereocenters. The first-order valence-corrected chi connectivity index (χ1v) is 7.88. The van der Waals surface area contributed by atoms with E-state index in [0.29, 0.717) is 12.2 Å². The number of hydrogen-bond acceptors (Lipinski definition) is 5. The molecule has 2 aromatic rings. The summed E-state index contributed by atoms with van der Waals surface area (Å²) >= 11 is 0. The Bertz CT molecular complexity index is 686. The summed E-state index contributed by atoms with van der Waals surface area (Å²) in [6, 6.07) is 11.6. The summed E-state index contributed by atoms with van der Waals surface area (Å²) in [6.45, 7) is 3.14. The van der Waals surface area contributed by atoms with Crippen LogP contribution in [0.25, 0.3) is 0 Å². The number of primary amides is 1. The van der Waals surface area contributed by atoms with Crippen LogP contribution in [0.2, 0.25) is 0 Å². The van der Waals surface area contributed by atoms with Gasteiger partial charge in [-0.3, -0.25) is 14.7 Å². The van der Waals surface area contributed by atoms with Gasteiger partial charge in [-0.05, 0) is 29.8 Å². The van der Waals surface area contributed by atoms with Gasteiger partial charge in [0.1, 0.15) is 11.9 Å². The zero-order chi connectivity index (χ0) is 16.9. The molecule has 6 heteroatoms. The highest BCUT2D eigenvalue weighted by molar-refractivity contribution is 5.92. The van der Waals surface area contributed by atoms with E-state index in [2.05, 4.69) is 22.0 Å². The number of hydrogen-bond donors (Lipinski definition) is 1. The Kier molecular flexibility index (Phi) is 5.08. The standard InChI is InChI=1S/C18H21N3O3/c1-23-15-5-2-13(3-6-15)11-21-8-9-24-17(12-21)16-7-4-14(10-20-16)18(19)22/h2-7,10,17H,8-9,11-12H2,1H3,(H2,19,22). The summed E-state index contributed by atoms with van der Waals surface area (Å²) in [5.74, 6) is 0.386. The van der Waals surface area contributed by atoms with E-state index in [1.165, 1.54) is 11.8 Å². The number of aromatic nitrogens is 1. The molecule has 0 saturated carbocycles. The molecule has 1 fully saturated rings. The van der Waals surface area contributed by atoms with E-state index in [-0.39, 0.29) is 6.10 Å². The molecule has 0 radical (unpaired) electrons. The van der Waals surface area contributed by atoms with Gasteiger partial charge in [-0.15, -0.1) is 0 Å². The molecule has 0 aliphatic carbocycles. The zero-order valence-corrected chi connectivity index (χ0v) is 13.6. The molecule has 2 N–H and O–H groups in total. The number of benzene rings is 1. The van der Waals surface area contributed by atoms with Gasteiger partial charge in [0.25, 0.3) is 0 Å². The number of methoxy groups -OCH3 is 1. The topological polar surface area (TPSA) is 77.7 Å². The molecule has 1 aliphatic heterocycles. The van der Waals surface area contributed by atoms with Crippen molar-refractivity contribution in [2.45, 2.75) is 12.6 Å². The number of pyridine rings is 1. The maximum absolute atomic E-state index is 11.1. The van der Waals surface area contributed by atoms with Crippen molar-refractivity contribution in [3.05, 3.63) is 59.4 Å². The molecule has 1 saturated heterocycles. The third-order valence-corrected chi connectivity index (χ3v) is 4.12. The first-order chi connectivity index (χ1) is 11.7. The molecule has 0 spiro atoms. The minimum atomic E-state index is -0.472. The van der Waals surface area contributed by atoms with Crippen LogP contribution in [0, 0.1) is 0 Å². The number of carbonyl (C=O) groups excluding carboxylic acids is 1. The van der Waals surface area contributed by atoms with E-state index in [9.17, 15) is 4.79 Å². The number of morpholine rings is 1. The number of rotatable bonds is 5. The maximum atomic E-state index is 11.1.